The molecule has 6 heteroatoms. The third kappa shape index (κ3) is 4.20. The zero-order valence-corrected chi connectivity index (χ0v) is 13.0. The van der Waals surface area contributed by atoms with E-state index in [1.54, 1.807) is 48.5 Å². The number of nitro benzene ring substituents is 1. The Balaban J connectivity index is 1.64. The average molecular weight is 335 g/mol. The molecule has 0 bridgehead atoms. The lowest BCUT2D eigenvalue weighted by Gasteiger charge is -2.07. The maximum atomic E-state index is 12.0. The zero-order valence-electron chi connectivity index (χ0n) is 13.0. The summed E-state index contributed by atoms with van der Waals surface area (Å²) in [4.78, 5) is 22.1. The Bertz CT molecular complexity index is 874. The van der Waals surface area contributed by atoms with Crippen LogP contribution in [-0.2, 0) is 0 Å². The summed E-state index contributed by atoms with van der Waals surface area (Å²) in [5, 5.41) is 10.6. The molecule has 3 rings (SSSR count). The van der Waals surface area contributed by atoms with E-state index in [0.717, 1.165) is 0 Å². The fraction of sp³-hybridized carbons (Fsp3) is 0. The molecule has 0 N–H and O–H groups in total. The SMILES string of the molecule is O=C(Oc1ccc(Oc2ccc([N+](=O)[O-])cc2)cc1)c1ccccc1. The summed E-state index contributed by atoms with van der Waals surface area (Å²) in [5.41, 5.74) is 0.462. The van der Waals surface area contributed by atoms with Gasteiger partial charge < -0.3 is 9.47 Å². The Morgan fingerprint density at radius 2 is 1.28 bits per heavy atom. The van der Waals surface area contributed by atoms with Crippen molar-refractivity contribution in [1.29, 1.82) is 0 Å². The molecular formula is C19H13NO5. The van der Waals surface area contributed by atoms with Gasteiger partial charge >= 0.3 is 5.97 Å². The highest BCUT2D eigenvalue weighted by Crippen LogP contribution is 2.25. The first-order valence-electron chi connectivity index (χ1n) is 7.41. The molecule has 3 aromatic carbocycles. The Morgan fingerprint density at radius 1 is 0.760 bits per heavy atom. The van der Waals surface area contributed by atoms with Gasteiger partial charge in [0.1, 0.15) is 17.2 Å². The highest BCUT2D eigenvalue weighted by molar-refractivity contribution is 5.90. The highest BCUT2D eigenvalue weighted by Gasteiger charge is 2.08. The van der Waals surface area contributed by atoms with Crippen LogP contribution in [0, 0.1) is 10.1 Å². The third-order valence-corrected chi connectivity index (χ3v) is 3.33. The lowest BCUT2D eigenvalue weighted by Crippen LogP contribution is -2.07. The second-order valence-electron chi connectivity index (χ2n) is 5.08. The second kappa shape index (κ2) is 7.27. The van der Waals surface area contributed by atoms with Crippen LogP contribution in [0.2, 0.25) is 0 Å². The molecule has 0 atom stereocenters. The van der Waals surface area contributed by atoms with Crippen molar-refractivity contribution in [2.24, 2.45) is 0 Å². The minimum atomic E-state index is -0.473. The molecule has 0 aliphatic heterocycles. The number of rotatable bonds is 5. The largest absolute Gasteiger partial charge is 0.457 e. The van der Waals surface area contributed by atoms with E-state index in [1.807, 2.05) is 6.07 Å². The van der Waals surface area contributed by atoms with Crippen LogP contribution in [0.5, 0.6) is 17.2 Å². The van der Waals surface area contributed by atoms with Crippen LogP contribution in [0.15, 0.2) is 78.9 Å². The fourth-order valence-electron chi connectivity index (χ4n) is 2.09. The second-order valence-corrected chi connectivity index (χ2v) is 5.08. The monoisotopic (exact) mass is 335 g/mol. The summed E-state index contributed by atoms with van der Waals surface area (Å²) in [6.07, 6.45) is 0. The van der Waals surface area contributed by atoms with Crippen LogP contribution < -0.4 is 9.47 Å². The Hall–Kier alpha value is -3.67. The van der Waals surface area contributed by atoms with E-state index in [-0.39, 0.29) is 5.69 Å². The molecule has 0 fully saturated rings. The van der Waals surface area contributed by atoms with Crippen molar-refractivity contribution >= 4 is 11.7 Å². The van der Waals surface area contributed by atoms with Gasteiger partial charge in [0, 0.05) is 12.1 Å². The molecular weight excluding hydrogens is 322 g/mol. The van der Waals surface area contributed by atoms with Crippen LogP contribution in [-0.4, -0.2) is 10.9 Å². The summed E-state index contributed by atoms with van der Waals surface area (Å²) in [5.74, 6) is 0.947. The fourth-order valence-corrected chi connectivity index (χ4v) is 2.09. The van der Waals surface area contributed by atoms with Crippen molar-refractivity contribution in [2.45, 2.75) is 0 Å². The summed E-state index contributed by atoms with van der Waals surface area (Å²) >= 11 is 0. The first-order chi connectivity index (χ1) is 12.1. The van der Waals surface area contributed by atoms with Gasteiger partial charge in [-0.25, -0.2) is 4.79 Å². The first-order valence-corrected chi connectivity index (χ1v) is 7.41. The number of hydrogen-bond acceptors (Lipinski definition) is 5. The minimum Gasteiger partial charge on any atom is -0.457 e. The molecule has 0 unspecified atom stereocenters. The smallest absolute Gasteiger partial charge is 0.343 e. The predicted octanol–water partition coefficient (Wildman–Crippen LogP) is 4.61. The summed E-state index contributed by atoms with van der Waals surface area (Å²) in [7, 11) is 0. The summed E-state index contributed by atoms with van der Waals surface area (Å²) < 4.78 is 10.9. The summed E-state index contributed by atoms with van der Waals surface area (Å²) in [6, 6.07) is 21.0. The Labute approximate surface area is 143 Å². The average Bonchev–Trinajstić information content (AvgIpc) is 2.64. The Kier molecular flexibility index (Phi) is 4.71. The summed E-state index contributed by atoms with van der Waals surface area (Å²) in [6.45, 7) is 0. The van der Waals surface area contributed by atoms with Gasteiger partial charge in [0.15, 0.2) is 0 Å². The first kappa shape index (κ1) is 16.2. The molecule has 0 saturated carbocycles. The molecule has 3 aromatic rings. The van der Waals surface area contributed by atoms with Crippen LogP contribution >= 0.6 is 0 Å². The number of carbonyl (C=O) groups excluding carboxylic acids is 1. The van der Waals surface area contributed by atoms with Gasteiger partial charge in [-0.3, -0.25) is 10.1 Å². The molecule has 0 aliphatic rings. The number of esters is 1. The lowest BCUT2D eigenvalue weighted by molar-refractivity contribution is -0.384. The van der Waals surface area contributed by atoms with Crippen molar-refractivity contribution in [3.05, 3.63) is 94.5 Å². The quantitative estimate of drug-likeness (QED) is 0.294. The van der Waals surface area contributed by atoms with Gasteiger partial charge in [0.25, 0.3) is 5.69 Å². The van der Waals surface area contributed by atoms with Crippen LogP contribution in [0.25, 0.3) is 0 Å². The van der Waals surface area contributed by atoms with Crippen molar-refractivity contribution in [3.63, 3.8) is 0 Å². The molecule has 0 radical (unpaired) electrons. The number of ether oxygens (including phenoxy) is 2. The van der Waals surface area contributed by atoms with Crippen molar-refractivity contribution in [1.82, 2.24) is 0 Å². The van der Waals surface area contributed by atoms with E-state index < -0.39 is 10.9 Å². The molecule has 0 amide bonds. The zero-order chi connectivity index (χ0) is 17.6. The van der Waals surface area contributed by atoms with E-state index in [9.17, 15) is 14.9 Å². The number of nitrogens with zero attached hydrogens (tertiary/aromatic N) is 1. The van der Waals surface area contributed by atoms with Crippen LogP contribution in [0.4, 0.5) is 5.69 Å². The van der Waals surface area contributed by atoms with Crippen LogP contribution in [0.1, 0.15) is 10.4 Å². The molecule has 124 valence electrons. The third-order valence-electron chi connectivity index (χ3n) is 3.33. The standard InChI is InChI=1S/C19H13NO5/c21-19(14-4-2-1-3-5-14)25-18-12-10-17(11-13-18)24-16-8-6-15(7-9-16)20(22)23/h1-13H. The molecule has 0 aliphatic carbocycles. The van der Waals surface area contributed by atoms with Crippen molar-refractivity contribution in [3.8, 4) is 17.2 Å². The van der Waals surface area contributed by atoms with Gasteiger partial charge in [-0.2, -0.15) is 0 Å². The molecule has 25 heavy (non-hydrogen) atoms. The topological polar surface area (TPSA) is 78.7 Å². The van der Waals surface area contributed by atoms with Crippen LogP contribution in [0.3, 0.4) is 0 Å². The number of non-ortho nitro benzene ring substituents is 1. The van der Waals surface area contributed by atoms with Gasteiger partial charge in [-0.05, 0) is 48.5 Å². The van der Waals surface area contributed by atoms with E-state index in [4.69, 9.17) is 9.47 Å². The molecule has 0 heterocycles. The molecule has 6 nitrogen and oxygen atoms in total. The van der Waals surface area contributed by atoms with Gasteiger partial charge in [-0.15, -0.1) is 0 Å². The molecule has 0 aromatic heterocycles. The highest BCUT2D eigenvalue weighted by atomic mass is 16.6. The number of hydrogen-bond donors (Lipinski definition) is 0. The lowest BCUT2D eigenvalue weighted by atomic mass is 10.2. The van der Waals surface area contributed by atoms with Gasteiger partial charge in [0.05, 0.1) is 10.5 Å². The van der Waals surface area contributed by atoms with Crippen molar-refractivity contribution in [2.75, 3.05) is 0 Å². The van der Waals surface area contributed by atoms with E-state index in [0.29, 0.717) is 22.8 Å². The van der Waals surface area contributed by atoms with Gasteiger partial charge in [-0.1, -0.05) is 18.2 Å². The van der Waals surface area contributed by atoms with Crippen molar-refractivity contribution < 1.29 is 19.2 Å². The number of benzene rings is 3. The molecule has 0 saturated heterocycles. The Morgan fingerprint density at radius 3 is 1.84 bits per heavy atom. The normalized spacial score (nSPS) is 10.1. The predicted molar refractivity (Wildman–Crippen MR) is 91.0 cm³/mol. The van der Waals surface area contributed by atoms with E-state index in [2.05, 4.69) is 0 Å². The maximum absolute atomic E-state index is 12.0. The van der Waals surface area contributed by atoms with E-state index >= 15 is 0 Å². The van der Waals surface area contributed by atoms with Gasteiger partial charge in [0.2, 0.25) is 0 Å². The number of nitro groups is 1. The molecule has 0 spiro atoms. The maximum Gasteiger partial charge on any atom is 0.343 e. The minimum absolute atomic E-state index is 0.00415. The van der Waals surface area contributed by atoms with E-state index in [1.165, 1.54) is 24.3 Å². The number of carbonyl (C=O) groups is 1.